The Bertz CT molecular complexity index is 512. The maximum Gasteiger partial charge on any atom is 0.344 e. The SMILES string of the molecule is CS(=O)(=O)CCOC(=O)COc1ccccc1N. The number of esters is 1. The Balaban J connectivity index is 2.32. The van der Waals surface area contributed by atoms with E-state index < -0.39 is 15.8 Å². The van der Waals surface area contributed by atoms with E-state index in [4.69, 9.17) is 15.2 Å². The zero-order chi connectivity index (χ0) is 13.6. The van der Waals surface area contributed by atoms with Crippen LogP contribution in [0.2, 0.25) is 0 Å². The van der Waals surface area contributed by atoms with Gasteiger partial charge in [-0.3, -0.25) is 0 Å². The third kappa shape index (κ3) is 5.53. The van der Waals surface area contributed by atoms with Gasteiger partial charge in [0.15, 0.2) is 16.4 Å². The third-order valence-corrected chi connectivity index (χ3v) is 2.89. The van der Waals surface area contributed by atoms with Gasteiger partial charge in [0.1, 0.15) is 12.4 Å². The van der Waals surface area contributed by atoms with Crippen LogP contribution in [0.4, 0.5) is 5.69 Å². The van der Waals surface area contributed by atoms with Crippen molar-refractivity contribution >= 4 is 21.5 Å². The van der Waals surface area contributed by atoms with Gasteiger partial charge in [-0.1, -0.05) is 12.1 Å². The van der Waals surface area contributed by atoms with E-state index in [2.05, 4.69) is 0 Å². The van der Waals surface area contributed by atoms with Crippen LogP contribution >= 0.6 is 0 Å². The molecule has 0 amide bonds. The fraction of sp³-hybridized carbons (Fsp3) is 0.364. The van der Waals surface area contributed by atoms with Crippen LogP contribution < -0.4 is 10.5 Å². The molecule has 0 saturated carbocycles. The summed E-state index contributed by atoms with van der Waals surface area (Å²) in [6, 6.07) is 6.73. The average molecular weight is 273 g/mol. The molecule has 0 fully saturated rings. The number of sulfone groups is 1. The summed E-state index contributed by atoms with van der Waals surface area (Å²) in [4.78, 5) is 11.2. The smallest absolute Gasteiger partial charge is 0.344 e. The molecule has 0 aromatic heterocycles. The number of benzene rings is 1. The lowest BCUT2D eigenvalue weighted by molar-refractivity contribution is -0.145. The number of ether oxygens (including phenoxy) is 2. The maximum atomic E-state index is 11.2. The summed E-state index contributed by atoms with van der Waals surface area (Å²) in [5.74, 6) is -0.453. The summed E-state index contributed by atoms with van der Waals surface area (Å²) in [7, 11) is -3.13. The van der Waals surface area contributed by atoms with Crippen LogP contribution in [0.25, 0.3) is 0 Å². The van der Waals surface area contributed by atoms with E-state index in [1.165, 1.54) is 0 Å². The van der Waals surface area contributed by atoms with Crippen LogP contribution in [0.3, 0.4) is 0 Å². The number of anilines is 1. The zero-order valence-corrected chi connectivity index (χ0v) is 10.8. The van der Waals surface area contributed by atoms with E-state index in [9.17, 15) is 13.2 Å². The molecule has 18 heavy (non-hydrogen) atoms. The van der Waals surface area contributed by atoms with Crippen molar-refractivity contribution in [3.05, 3.63) is 24.3 Å². The lowest BCUT2D eigenvalue weighted by Gasteiger charge is -2.08. The minimum Gasteiger partial charge on any atom is -0.480 e. The number of carbonyl (C=O) groups is 1. The Morgan fingerprint density at radius 1 is 1.33 bits per heavy atom. The quantitative estimate of drug-likeness (QED) is 0.589. The van der Waals surface area contributed by atoms with Gasteiger partial charge >= 0.3 is 5.97 Å². The average Bonchev–Trinajstić information content (AvgIpc) is 2.26. The fourth-order valence-electron chi connectivity index (χ4n) is 1.10. The molecule has 0 aliphatic carbocycles. The van der Waals surface area contributed by atoms with Gasteiger partial charge in [0.2, 0.25) is 0 Å². The lowest BCUT2D eigenvalue weighted by atomic mass is 10.3. The highest BCUT2D eigenvalue weighted by atomic mass is 32.2. The summed E-state index contributed by atoms with van der Waals surface area (Å²) < 4.78 is 31.4. The molecule has 1 rings (SSSR count). The van der Waals surface area contributed by atoms with Gasteiger partial charge in [-0.2, -0.15) is 0 Å². The molecule has 0 bridgehead atoms. The number of carbonyl (C=O) groups excluding carboxylic acids is 1. The predicted molar refractivity (Wildman–Crippen MR) is 67.0 cm³/mol. The van der Waals surface area contributed by atoms with Crippen LogP contribution in [0, 0.1) is 0 Å². The highest BCUT2D eigenvalue weighted by Gasteiger charge is 2.08. The van der Waals surface area contributed by atoms with Gasteiger partial charge in [0.25, 0.3) is 0 Å². The number of nitrogen functional groups attached to an aromatic ring is 1. The minimum atomic E-state index is -3.13. The van der Waals surface area contributed by atoms with Crippen LogP contribution in [-0.4, -0.2) is 39.6 Å². The first-order chi connectivity index (χ1) is 8.38. The van der Waals surface area contributed by atoms with Crippen molar-refractivity contribution in [2.45, 2.75) is 0 Å². The second-order valence-corrected chi connectivity index (χ2v) is 5.94. The summed E-state index contributed by atoms with van der Waals surface area (Å²) in [6.45, 7) is -0.483. The molecule has 0 spiro atoms. The van der Waals surface area contributed by atoms with Crippen molar-refractivity contribution < 1.29 is 22.7 Å². The van der Waals surface area contributed by atoms with Gasteiger partial charge in [-0.15, -0.1) is 0 Å². The Kier molecular flexibility index (Phi) is 4.96. The summed E-state index contributed by atoms with van der Waals surface area (Å²) in [5.41, 5.74) is 6.03. The van der Waals surface area contributed by atoms with Crippen molar-refractivity contribution in [2.75, 3.05) is 31.0 Å². The molecule has 7 heteroatoms. The highest BCUT2D eigenvalue weighted by molar-refractivity contribution is 7.90. The molecule has 0 atom stereocenters. The number of hydrogen-bond acceptors (Lipinski definition) is 6. The van der Waals surface area contributed by atoms with E-state index in [1.54, 1.807) is 24.3 Å². The van der Waals surface area contributed by atoms with Crippen molar-refractivity contribution in [1.82, 2.24) is 0 Å². The Hall–Kier alpha value is -1.76. The maximum absolute atomic E-state index is 11.2. The van der Waals surface area contributed by atoms with Crippen molar-refractivity contribution in [3.63, 3.8) is 0 Å². The predicted octanol–water partition coefficient (Wildman–Crippen LogP) is 0.235. The topological polar surface area (TPSA) is 95.7 Å². The molecule has 1 aromatic rings. The number of nitrogens with two attached hydrogens (primary N) is 1. The summed E-state index contributed by atoms with van der Waals surface area (Å²) >= 11 is 0. The summed E-state index contributed by atoms with van der Waals surface area (Å²) in [5, 5.41) is 0. The molecule has 6 nitrogen and oxygen atoms in total. The number of hydrogen-bond donors (Lipinski definition) is 1. The van der Waals surface area contributed by atoms with E-state index in [0.29, 0.717) is 11.4 Å². The Morgan fingerprint density at radius 3 is 2.61 bits per heavy atom. The largest absolute Gasteiger partial charge is 0.480 e. The van der Waals surface area contributed by atoms with Crippen molar-refractivity contribution in [3.8, 4) is 5.75 Å². The second kappa shape index (κ2) is 6.25. The molecular formula is C11H15NO5S. The first-order valence-corrected chi connectivity index (χ1v) is 7.25. The molecule has 0 saturated heterocycles. The molecule has 1 aromatic carbocycles. The van der Waals surface area contributed by atoms with Gasteiger partial charge in [0, 0.05) is 6.26 Å². The van der Waals surface area contributed by atoms with Crippen molar-refractivity contribution in [1.29, 1.82) is 0 Å². The van der Waals surface area contributed by atoms with Crippen LogP contribution in [0.5, 0.6) is 5.75 Å². The van der Waals surface area contributed by atoms with E-state index >= 15 is 0 Å². The Labute approximate surface area is 106 Å². The molecule has 0 radical (unpaired) electrons. The number of rotatable bonds is 6. The second-order valence-electron chi connectivity index (χ2n) is 3.68. The molecule has 0 aliphatic rings. The molecule has 2 N–H and O–H groups in total. The third-order valence-electron chi connectivity index (χ3n) is 1.98. The standard InChI is InChI=1S/C11H15NO5S/c1-18(14,15)7-6-16-11(13)8-17-10-5-3-2-4-9(10)12/h2-5H,6-8,12H2,1H3. The first kappa shape index (κ1) is 14.3. The van der Waals surface area contributed by atoms with E-state index in [-0.39, 0.29) is 19.0 Å². The van der Waals surface area contributed by atoms with E-state index in [0.717, 1.165) is 6.26 Å². The molecule has 0 unspecified atom stereocenters. The molecule has 100 valence electrons. The lowest BCUT2D eigenvalue weighted by Crippen LogP contribution is -2.19. The minimum absolute atomic E-state index is 0.175. The normalized spacial score (nSPS) is 10.9. The Morgan fingerprint density at radius 2 is 2.00 bits per heavy atom. The van der Waals surface area contributed by atoms with Gasteiger partial charge in [-0.05, 0) is 12.1 Å². The molecular weight excluding hydrogens is 258 g/mol. The zero-order valence-electron chi connectivity index (χ0n) is 9.96. The summed E-state index contributed by atoms with van der Waals surface area (Å²) in [6.07, 6.45) is 1.07. The van der Waals surface area contributed by atoms with Gasteiger partial charge in [0.05, 0.1) is 11.4 Å². The van der Waals surface area contributed by atoms with Crippen LogP contribution in [0.15, 0.2) is 24.3 Å². The first-order valence-electron chi connectivity index (χ1n) is 5.19. The van der Waals surface area contributed by atoms with Crippen LogP contribution in [-0.2, 0) is 19.4 Å². The fourth-order valence-corrected chi connectivity index (χ4v) is 1.48. The molecule has 0 aliphatic heterocycles. The van der Waals surface area contributed by atoms with Gasteiger partial charge in [-0.25, -0.2) is 13.2 Å². The van der Waals surface area contributed by atoms with Crippen molar-refractivity contribution in [2.24, 2.45) is 0 Å². The molecule has 0 heterocycles. The van der Waals surface area contributed by atoms with E-state index in [1.807, 2.05) is 0 Å². The highest BCUT2D eigenvalue weighted by Crippen LogP contribution is 2.19. The van der Waals surface area contributed by atoms with Crippen LogP contribution in [0.1, 0.15) is 0 Å². The monoisotopic (exact) mass is 273 g/mol. The number of para-hydroxylation sites is 2. The van der Waals surface area contributed by atoms with Gasteiger partial charge < -0.3 is 15.2 Å².